The van der Waals surface area contributed by atoms with Crippen molar-refractivity contribution in [3.8, 4) is 0 Å². The second-order valence-electron chi connectivity index (χ2n) is 11.2. The van der Waals surface area contributed by atoms with E-state index in [0.29, 0.717) is 42.3 Å². The van der Waals surface area contributed by atoms with Crippen molar-refractivity contribution in [3.05, 3.63) is 47.5 Å². The quantitative estimate of drug-likeness (QED) is 0.607. The lowest BCUT2D eigenvalue weighted by molar-refractivity contribution is -0.161. The zero-order valence-electron chi connectivity index (χ0n) is 19.2. The largest absolute Gasteiger partial charge is 0.373 e. The van der Waals surface area contributed by atoms with E-state index >= 15 is 0 Å². The summed E-state index contributed by atoms with van der Waals surface area (Å²) in [6, 6.07) is 10.4. The molecule has 4 aliphatic rings. The third-order valence-electron chi connectivity index (χ3n) is 9.67. The highest BCUT2D eigenvalue weighted by Crippen LogP contribution is 2.67. The average molecular weight is 421 g/mol. The average Bonchev–Trinajstić information content (AvgIpc) is 3.10. The number of fused-ring (bicyclic) bond motifs is 5. The van der Waals surface area contributed by atoms with Crippen molar-refractivity contribution in [2.75, 3.05) is 0 Å². The molecule has 3 saturated carbocycles. The number of rotatable bonds is 4. The molecule has 0 radical (unpaired) electrons. The highest BCUT2D eigenvalue weighted by atomic mass is 16.5. The van der Waals surface area contributed by atoms with E-state index < -0.39 is 0 Å². The SMILES string of the molecule is CC(=O)[C@H]1CC[C@H]2[C@@H]3CCC4=CC(=O)CC[C@]4(C)[C@H]3C(OCc3ccccc3)C[C@]12C. The molecule has 1 aromatic rings. The predicted molar refractivity (Wildman–Crippen MR) is 121 cm³/mol. The topological polar surface area (TPSA) is 43.4 Å². The van der Waals surface area contributed by atoms with E-state index in [1.54, 1.807) is 6.92 Å². The van der Waals surface area contributed by atoms with E-state index in [1.165, 1.54) is 17.6 Å². The van der Waals surface area contributed by atoms with Gasteiger partial charge >= 0.3 is 0 Å². The van der Waals surface area contributed by atoms with Crippen LogP contribution in [-0.4, -0.2) is 17.7 Å². The molecule has 3 heteroatoms. The minimum atomic E-state index is 0.0381. The number of ketones is 2. The molecular weight excluding hydrogens is 384 g/mol. The van der Waals surface area contributed by atoms with Gasteiger partial charge in [0.15, 0.2) is 5.78 Å². The van der Waals surface area contributed by atoms with Gasteiger partial charge in [0.2, 0.25) is 0 Å². The number of allylic oxidation sites excluding steroid dienone is 1. The second kappa shape index (κ2) is 7.69. The Kier molecular flexibility index (Phi) is 5.24. The molecule has 4 aliphatic carbocycles. The standard InChI is InChI=1S/C28H36O3/c1-18(29)23-11-12-24-22-10-9-20-15-21(30)13-14-27(20,2)26(22)25(16-28(23,24)3)31-17-19-7-5-4-6-8-19/h4-8,15,22-26H,9-14,16-17H2,1-3H3/t22-,23+,24-,25?,26+,27-,28+/m0/s1. The maximum atomic E-state index is 12.6. The number of hydrogen-bond acceptors (Lipinski definition) is 3. The summed E-state index contributed by atoms with van der Waals surface area (Å²) in [5, 5.41) is 0. The number of carbonyl (C=O) groups excluding carboxylic acids is 2. The van der Waals surface area contributed by atoms with Crippen LogP contribution in [0.1, 0.15) is 71.3 Å². The molecule has 1 unspecified atom stereocenters. The first-order chi connectivity index (χ1) is 14.8. The minimum Gasteiger partial charge on any atom is -0.373 e. The number of benzene rings is 1. The van der Waals surface area contributed by atoms with Crippen LogP contribution in [0.15, 0.2) is 42.0 Å². The Balaban J connectivity index is 1.52. The molecule has 1 aromatic carbocycles. The van der Waals surface area contributed by atoms with Gasteiger partial charge in [-0.1, -0.05) is 49.8 Å². The zero-order valence-corrected chi connectivity index (χ0v) is 19.2. The maximum Gasteiger partial charge on any atom is 0.155 e. The van der Waals surface area contributed by atoms with Crippen LogP contribution in [0.4, 0.5) is 0 Å². The minimum absolute atomic E-state index is 0.0381. The highest BCUT2D eigenvalue weighted by molar-refractivity contribution is 5.91. The Hall–Kier alpha value is -1.74. The van der Waals surface area contributed by atoms with Crippen molar-refractivity contribution in [1.82, 2.24) is 0 Å². The van der Waals surface area contributed by atoms with Crippen LogP contribution in [0.5, 0.6) is 0 Å². The summed E-state index contributed by atoms with van der Waals surface area (Å²) in [5.74, 6) is 2.44. The smallest absolute Gasteiger partial charge is 0.155 e. The van der Waals surface area contributed by atoms with Crippen LogP contribution in [0.25, 0.3) is 0 Å². The summed E-state index contributed by atoms with van der Waals surface area (Å²) in [5.41, 5.74) is 2.66. The molecule has 0 aliphatic heterocycles. The first kappa shape index (κ1) is 21.1. The predicted octanol–water partition coefficient (Wildman–Crippen LogP) is 5.92. The van der Waals surface area contributed by atoms with Crippen LogP contribution in [0.3, 0.4) is 0 Å². The molecule has 0 amide bonds. The van der Waals surface area contributed by atoms with E-state index in [9.17, 15) is 9.59 Å². The van der Waals surface area contributed by atoms with Crippen LogP contribution < -0.4 is 0 Å². The number of hydrogen-bond donors (Lipinski definition) is 0. The Bertz CT molecular complexity index is 902. The van der Waals surface area contributed by atoms with E-state index in [0.717, 1.165) is 32.1 Å². The zero-order chi connectivity index (χ0) is 21.8. The fourth-order valence-corrected chi connectivity index (χ4v) is 8.25. The Morgan fingerprint density at radius 2 is 1.87 bits per heavy atom. The van der Waals surface area contributed by atoms with Crippen LogP contribution in [0.2, 0.25) is 0 Å². The lowest BCUT2D eigenvalue weighted by Crippen LogP contribution is -2.57. The van der Waals surface area contributed by atoms with Gasteiger partial charge in [-0.25, -0.2) is 0 Å². The van der Waals surface area contributed by atoms with Gasteiger partial charge in [-0.2, -0.15) is 0 Å². The molecule has 0 spiro atoms. The summed E-state index contributed by atoms with van der Waals surface area (Å²) >= 11 is 0. The van der Waals surface area contributed by atoms with E-state index in [4.69, 9.17) is 4.74 Å². The van der Waals surface area contributed by atoms with Crippen LogP contribution in [0, 0.1) is 34.5 Å². The van der Waals surface area contributed by atoms with Crippen molar-refractivity contribution >= 4 is 11.6 Å². The van der Waals surface area contributed by atoms with Gasteiger partial charge in [-0.05, 0) is 85.7 Å². The van der Waals surface area contributed by atoms with Crippen molar-refractivity contribution in [2.24, 2.45) is 34.5 Å². The molecule has 0 heterocycles. The van der Waals surface area contributed by atoms with Gasteiger partial charge in [0, 0.05) is 12.3 Å². The van der Waals surface area contributed by atoms with Gasteiger partial charge < -0.3 is 4.74 Å². The lowest BCUT2D eigenvalue weighted by Gasteiger charge is -2.60. The Morgan fingerprint density at radius 3 is 2.61 bits per heavy atom. The van der Waals surface area contributed by atoms with Gasteiger partial charge in [-0.3, -0.25) is 9.59 Å². The molecule has 0 saturated heterocycles. The summed E-state index contributed by atoms with van der Waals surface area (Å²) in [6.07, 6.45) is 9.04. The highest BCUT2D eigenvalue weighted by Gasteiger charge is 2.63. The lowest BCUT2D eigenvalue weighted by atomic mass is 9.46. The third kappa shape index (κ3) is 3.35. The fraction of sp³-hybridized carbons (Fsp3) is 0.643. The van der Waals surface area contributed by atoms with Crippen LogP contribution >= 0.6 is 0 Å². The molecular formula is C28H36O3. The summed E-state index contributed by atoms with van der Waals surface area (Å²) < 4.78 is 6.76. The summed E-state index contributed by atoms with van der Waals surface area (Å²) in [7, 11) is 0. The van der Waals surface area contributed by atoms with Crippen LogP contribution in [-0.2, 0) is 20.9 Å². The van der Waals surface area contributed by atoms with Crippen molar-refractivity contribution < 1.29 is 14.3 Å². The Morgan fingerprint density at radius 1 is 1.10 bits per heavy atom. The molecule has 7 atom stereocenters. The van der Waals surface area contributed by atoms with E-state index in [1.807, 2.05) is 12.1 Å². The van der Waals surface area contributed by atoms with Crippen molar-refractivity contribution in [1.29, 1.82) is 0 Å². The van der Waals surface area contributed by atoms with Gasteiger partial charge in [0.05, 0.1) is 12.7 Å². The third-order valence-corrected chi connectivity index (χ3v) is 9.67. The fourth-order valence-electron chi connectivity index (χ4n) is 8.25. The van der Waals surface area contributed by atoms with Gasteiger partial charge in [0.1, 0.15) is 5.78 Å². The molecule has 5 rings (SSSR count). The molecule has 31 heavy (non-hydrogen) atoms. The second-order valence-corrected chi connectivity index (χ2v) is 11.2. The summed E-state index contributed by atoms with van der Waals surface area (Å²) in [6.45, 7) is 7.19. The molecule has 3 fully saturated rings. The maximum absolute atomic E-state index is 12.6. The Labute approximate surface area is 186 Å². The molecule has 166 valence electrons. The monoisotopic (exact) mass is 420 g/mol. The molecule has 0 N–H and O–H groups in total. The van der Waals surface area contributed by atoms with E-state index in [-0.39, 0.29) is 22.9 Å². The van der Waals surface area contributed by atoms with Crippen molar-refractivity contribution in [3.63, 3.8) is 0 Å². The first-order valence-corrected chi connectivity index (χ1v) is 12.2. The summed E-state index contributed by atoms with van der Waals surface area (Å²) in [4.78, 5) is 24.8. The molecule has 0 bridgehead atoms. The normalized spacial score (nSPS) is 41.7. The number of ether oxygens (including phenoxy) is 1. The molecule has 3 nitrogen and oxygen atoms in total. The van der Waals surface area contributed by atoms with Gasteiger partial charge in [-0.15, -0.1) is 0 Å². The number of carbonyl (C=O) groups is 2. The number of Topliss-reactive ketones (excluding diaryl/α,β-unsaturated/α-hetero) is 1. The van der Waals surface area contributed by atoms with Crippen molar-refractivity contribution in [2.45, 2.75) is 78.4 Å². The van der Waals surface area contributed by atoms with Gasteiger partial charge in [0.25, 0.3) is 0 Å². The first-order valence-electron chi connectivity index (χ1n) is 12.2. The molecule has 0 aromatic heterocycles. The van der Waals surface area contributed by atoms with E-state index in [2.05, 4.69) is 38.1 Å².